The van der Waals surface area contributed by atoms with Gasteiger partial charge in [-0.2, -0.15) is 0 Å². The molecule has 7 heteroatoms. The Bertz CT molecular complexity index is 1000. The van der Waals surface area contributed by atoms with Crippen LogP contribution in [0.4, 0.5) is 0 Å². The monoisotopic (exact) mass is 409 g/mol. The first-order valence-electron chi connectivity index (χ1n) is 9.49. The number of carbonyl (C=O) groups excluding carboxylic acids is 2. The van der Waals surface area contributed by atoms with Gasteiger partial charge in [0.05, 0.1) is 24.3 Å². The van der Waals surface area contributed by atoms with Gasteiger partial charge in [0, 0.05) is 12.5 Å². The highest BCUT2D eigenvalue weighted by Crippen LogP contribution is 2.40. The maximum atomic E-state index is 12.9. The molecular weight excluding hydrogens is 386 g/mol. The molecule has 0 bridgehead atoms. The predicted octanol–water partition coefficient (Wildman–Crippen LogP) is 3.51. The minimum absolute atomic E-state index is 0.0716. The lowest BCUT2D eigenvalue weighted by molar-refractivity contribution is -0.130. The van der Waals surface area contributed by atoms with Crippen LogP contribution in [0.25, 0.3) is 0 Å². The summed E-state index contributed by atoms with van der Waals surface area (Å²) in [6.45, 7) is 3.53. The molecule has 3 rings (SSSR count). The number of methoxy groups -OCH3 is 1. The normalized spacial score (nSPS) is 16.3. The summed E-state index contributed by atoms with van der Waals surface area (Å²) < 4.78 is 5.18. The zero-order valence-electron chi connectivity index (χ0n) is 17.0. The minimum atomic E-state index is -1.04. The van der Waals surface area contributed by atoms with Gasteiger partial charge in [-0.05, 0) is 35.4 Å². The highest BCUT2D eigenvalue weighted by Gasteiger charge is 2.43. The van der Waals surface area contributed by atoms with E-state index in [0.29, 0.717) is 16.9 Å². The summed E-state index contributed by atoms with van der Waals surface area (Å²) in [4.78, 5) is 38.2. The van der Waals surface area contributed by atoms with Gasteiger partial charge in [-0.3, -0.25) is 9.59 Å². The summed E-state index contributed by atoms with van der Waals surface area (Å²) in [6.07, 6.45) is 0. The number of amides is 1. The van der Waals surface area contributed by atoms with Crippen molar-refractivity contribution in [3.8, 4) is 5.75 Å². The lowest BCUT2D eigenvalue weighted by Gasteiger charge is -2.27. The minimum Gasteiger partial charge on any atom is -0.503 e. The van der Waals surface area contributed by atoms with Crippen molar-refractivity contribution in [2.75, 3.05) is 7.11 Å². The molecule has 7 nitrogen and oxygen atoms in total. The van der Waals surface area contributed by atoms with Gasteiger partial charge in [0.1, 0.15) is 5.75 Å². The quantitative estimate of drug-likeness (QED) is 0.725. The zero-order valence-corrected chi connectivity index (χ0v) is 17.0. The van der Waals surface area contributed by atoms with E-state index in [1.165, 1.54) is 17.0 Å². The summed E-state index contributed by atoms with van der Waals surface area (Å²) in [5.74, 6) is -2.29. The van der Waals surface area contributed by atoms with Crippen molar-refractivity contribution in [3.63, 3.8) is 0 Å². The third-order valence-electron chi connectivity index (χ3n) is 5.08. The molecule has 1 amide bonds. The number of aromatic carboxylic acids is 1. The number of nitrogens with zero attached hydrogens (tertiary/aromatic N) is 1. The number of carboxylic acid groups (broad SMARTS) is 1. The second kappa shape index (κ2) is 8.41. The number of rotatable bonds is 7. The standard InChI is InChI=1S/C23H23NO6/c1-13(2)20(25)18-19(15-8-10-17(30-3)11-9-15)24(22(27)21(18)26)12-14-4-6-16(7-5-14)23(28)29/h4-11,13,19,26H,12H2,1-3H3,(H,28,29). The number of carbonyl (C=O) groups is 3. The molecule has 1 atom stereocenters. The molecule has 1 unspecified atom stereocenters. The predicted molar refractivity (Wildman–Crippen MR) is 109 cm³/mol. The Balaban J connectivity index is 2.02. The average Bonchev–Trinajstić information content (AvgIpc) is 2.98. The van der Waals surface area contributed by atoms with Crippen LogP contribution in [0.1, 0.15) is 41.4 Å². The summed E-state index contributed by atoms with van der Waals surface area (Å²) in [5, 5.41) is 19.6. The summed E-state index contributed by atoms with van der Waals surface area (Å²) in [7, 11) is 1.54. The molecule has 2 aromatic carbocycles. The maximum Gasteiger partial charge on any atom is 0.335 e. The lowest BCUT2D eigenvalue weighted by Crippen LogP contribution is -2.31. The Morgan fingerprint density at radius 3 is 2.17 bits per heavy atom. The molecule has 0 spiro atoms. The topological polar surface area (TPSA) is 104 Å². The van der Waals surface area contributed by atoms with E-state index in [2.05, 4.69) is 0 Å². The fourth-order valence-corrected chi connectivity index (χ4v) is 3.46. The molecule has 0 aliphatic carbocycles. The van der Waals surface area contributed by atoms with Crippen molar-refractivity contribution in [1.29, 1.82) is 0 Å². The van der Waals surface area contributed by atoms with Crippen molar-refractivity contribution in [3.05, 3.63) is 76.6 Å². The Morgan fingerprint density at radius 1 is 1.07 bits per heavy atom. The number of aliphatic hydroxyl groups excluding tert-OH is 1. The van der Waals surface area contributed by atoms with E-state index in [0.717, 1.165) is 0 Å². The smallest absolute Gasteiger partial charge is 0.335 e. The Morgan fingerprint density at radius 2 is 1.67 bits per heavy atom. The van der Waals surface area contributed by atoms with Crippen LogP contribution in [-0.4, -0.2) is 39.9 Å². The van der Waals surface area contributed by atoms with Gasteiger partial charge in [-0.1, -0.05) is 38.1 Å². The lowest BCUT2D eigenvalue weighted by atomic mass is 9.91. The number of hydrogen-bond donors (Lipinski definition) is 2. The molecule has 2 aromatic rings. The molecule has 1 aliphatic heterocycles. The number of ketones is 1. The first-order chi connectivity index (χ1) is 14.2. The van der Waals surface area contributed by atoms with Crippen LogP contribution in [0.15, 0.2) is 59.9 Å². The fraction of sp³-hybridized carbons (Fsp3) is 0.261. The Kier molecular flexibility index (Phi) is 5.91. The second-order valence-electron chi connectivity index (χ2n) is 7.39. The first kappa shape index (κ1) is 21.1. The highest BCUT2D eigenvalue weighted by molar-refractivity contribution is 6.09. The number of ether oxygens (including phenoxy) is 1. The molecule has 30 heavy (non-hydrogen) atoms. The van der Waals surface area contributed by atoms with Crippen molar-refractivity contribution in [2.24, 2.45) is 5.92 Å². The maximum absolute atomic E-state index is 12.9. The molecule has 0 saturated heterocycles. The second-order valence-corrected chi connectivity index (χ2v) is 7.39. The molecule has 0 saturated carbocycles. The number of carboxylic acids is 1. The molecule has 0 aromatic heterocycles. The SMILES string of the molecule is COc1ccc(C2C(C(=O)C(C)C)=C(O)C(=O)N2Cc2ccc(C(=O)O)cc2)cc1. The van der Waals surface area contributed by atoms with E-state index in [1.54, 1.807) is 57.4 Å². The van der Waals surface area contributed by atoms with Gasteiger partial charge in [0.2, 0.25) is 0 Å². The van der Waals surface area contributed by atoms with E-state index in [1.807, 2.05) is 0 Å². The van der Waals surface area contributed by atoms with Crippen LogP contribution in [0.5, 0.6) is 5.75 Å². The van der Waals surface area contributed by atoms with Gasteiger partial charge in [0.25, 0.3) is 5.91 Å². The number of aliphatic hydroxyl groups is 1. The number of hydrogen-bond acceptors (Lipinski definition) is 5. The van der Waals surface area contributed by atoms with Crippen LogP contribution in [0.3, 0.4) is 0 Å². The summed E-state index contributed by atoms with van der Waals surface area (Å²) in [5.41, 5.74) is 1.55. The van der Waals surface area contributed by atoms with Crippen molar-refractivity contribution in [1.82, 2.24) is 4.90 Å². The number of Topliss-reactive ketones (excluding diaryl/α,β-unsaturated/α-hetero) is 1. The third-order valence-corrected chi connectivity index (χ3v) is 5.08. The van der Waals surface area contributed by atoms with Crippen LogP contribution in [-0.2, 0) is 16.1 Å². The van der Waals surface area contributed by atoms with Gasteiger partial charge in [0.15, 0.2) is 11.5 Å². The van der Waals surface area contributed by atoms with Crippen molar-refractivity contribution < 1.29 is 29.3 Å². The average molecular weight is 409 g/mol. The van der Waals surface area contributed by atoms with E-state index < -0.39 is 29.6 Å². The molecule has 156 valence electrons. The van der Waals surface area contributed by atoms with E-state index in [4.69, 9.17) is 9.84 Å². The molecule has 2 N–H and O–H groups in total. The molecule has 1 heterocycles. The Labute approximate surface area is 174 Å². The van der Waals surface area contributed by atoms with Gasteiger partial charge < -0.3 is 19.8 Å². The molecular formula is C23H23NO6. The molecule has 1 aliphatic rings. The van der Waals surface area contributed by atoms with Crippen LogP contribution in [0, 0.1) is 5.92 Å². The van der Waals surface area contributed by atoms with E-state index >= 15 is 0 Å². The largest absolute Gasteiger partial charge is 0.503 e. The molecule has 0 fully saturated rings. The van der Waals surface area contributed by atoms with Gasteiger partial charge >= 0.3 is 5.97 Å². The first-order valence-corrected chi connectivity index (χ1v) is 9.49. The van der Waals surface area contributed by atoms with Crippen LogP contribution < -0.4 is 4.74 Å². The highest BCUT2D eigenvalue weighted by atomic mass is 16.5. The molecule has 0 radical (unpaired) electrons. The third kappa shape index (κ3) is 3.91. The number of benzene rings is 2. The van der Waals surface area contributed by atoms with Crippen molar-refractivity contribution in [2.45, 2.75) is 26.4 Å². The summed E-state index contributed by atoms with van der Waals surface area (Å²) in [6, 6.07) is 12.3. The zero-order chi connectivity index (χ0) is 22.0. The van der Waals surface area contributed by atoms with E-state index in [-0.39, 0.29) is 23.5 Å². The van der Waals surface area contributed by atoms with Crippen molar-refractivity contribution >= 4 is 17.7 Å². The van der Waals surface area contributed by atoms with E-state index in [9.17, 15) is 19.5 Å². The van der Waals surface area contributed by atoms with Crippen LogP contribution in [0.2, 0.25) is 0 Å². The van der Waals surface area contributed by atoms with Gasteiger partial charge in [-0.15, -0.1) is 0 Å². The summed E-state index contributed by atoms with van der Waals surface area (Å²) >= 11 is 0. The van der Waals surface area contributed by atoms with Gasteiger partial charge in [-0.25, -0.2) is 4.79 Å². The Hall–Kier alpha value is -3.61. The van der Waals surface area contributed by atoms with Crippen LogP contribution >= 0.6 is 0 Å². The fourth-order valence-electron chi connectivity index (χ4n) is 3.46.